The highest BCUT2D eigenvalue weighted by molar-refractivity contribution is 5.85. The minimum atomic E-state index is -2.59. The molecule has 2 aromatic heterocycles. The normalized spacial score (nSPS) is 17.3. The van der Waals surface area contributed by atoms with Crippen molar-refractivity contribution < 1.29 is 36.7 Å². The van der Waals surface area contributed by atoms with Crippen LogP contribution in [0.1, 0.15) is 82.4 Å². The van der Waals surface area contributed by atoms with Crippen molar-refractivity contribution in [3.05, 3.63) is 71.5 Å². The molecular weight excluding hydrogens is 688 g/mol. The van der Waals surface area contributed by atoms with Crippen molar-refractivity contribution in [3.63, 3.8) is 0 Å². The summed E-state index contributed by atoms with van der Waals surface area (Å²) >= 11 is 0. The van der Waals surface area contributed by atoms with E-state index >= 15 is 0 Å². The summed E-state index contributed by atoms with van der Waals surface area (Å²) in [5.41, 5.74) is 6.52. The lowest BCUT2D eigenvalue weighted by molar-refractivity contribution is -0.193. The highest BCUT2D eigenvalue weighted by Gasteiger charge is 2.32. The van der Waals surface area contributed by atoms with Crippen LogP contribution in [0.5, 0.6) is 0 Å². The van der Waals surface area contributed by atoms with Crippen LogP contribution in [0, 0.1) is 32.6 Å². The maximum atomic E-state index is 13.2. The Morgan fingerprint density at radius 1 is 0.660 bits per heavy atom. The van der Waals surface area contributed by atoms with Gasteiger partial charge in [-0.15, -0.1) is 0 Å². The van der Waals surface area contributed by atoms with E-state index in [1.165, 1.54) is 38.8 Å². The molecule has 0 aliphatic carbocycles. The molecule has 0 spiro atoms. The summed E-state index contributed by atoms with van der Waals surface area (Å²) < 4.78 is 57.6. The third kappa shape index (κ3) is 12.0. The van der Waals surface area contributed by atoms with E-state index in [2.05, 4.69) is 98.4 Å². The average Bonchev–Trinajstić information content (AvgIpc) is 3.56. The first-order valence-electron chi connectivity index (χ1n) is 18.3. The van der Waals surface area contributed by atoms with Gasteiger partial charge < -0.3 is 9.13 Å². The Hall–Kier alpha value is -4.08. The number of aryl methyl sites for hydroxylation is 2. The minimum Gasteiger partial charge on any atom is -0.342 e. The second-order valence-corrected chi connectivity index (χ2v) is 14.8. The van der Waals surface area contributed by atoms with Crippen LogP contribution in [0.2, 0.25) is 0 Å². The molecule has 290 valence electrons. The van der Waals surface area contributed by atoms with Gasteiger partial charge in [0.15, 0.2) is 0 Å². The van der Waals surface area contributed by atoms with Gasteiger partial charge in [0.25, 0.3) is 11.8 Å². The Morgan fingerprint density at radius 3 is 1.51 bits per heavy atom. The second-order valence-electron chi connectivity index (χ2n) is 14.8. The molecule has 2 saturated heterocycles. The van der Waals surface area contributed by atoms with Crippen molar-refractivity contribution >= 4 is 34.1 Å². The number of fused-ring (bicyclic) bond motifs is 2. The summed E-state index contributed by atoms with van der Waals surface area (Å²) in [5.74, 6) is -4.10. The van der Waals surface area contributed by atoms with Crippen LogP contribution in [0.3, 0.4) is 0 Å². The molecule has 4 heterocycles. The molecule has 12 heteroatoms. The molecule has 0 radical (unpaired) electrons. The molecule has 4 aromatic rings. The number of para-hydroxylation sites is 2. The van der Waals surface area contributed by atoms with E-state index in [1.54, 1.807) is 0 Å². The van der Waals surface area contributed by atoms with Gasteiger partial charge in [-0.3, -0.25) is 9.80 Å². The van der Waals surface area contributed by atoms with E-state index in [4.69, 9.17) is 19.2 Å². The molecule has 0 unspecified atom stereocenters. The van der Waals surface area contributed by atoms with E-state index in [0.29, 0.717) is 23.9 Å². The van der Waals surface area contributed by atoms with Gasteiger partial charge in [-0.2, -0.15) is 19.2 Å². The lowest BCUT2D eigenvalue weighted by Crippen LogP contribution is -2.41. The number of carbonyl (C=O) groups excluding carboxylic acids is 4. The smallest absolute Gasteiger partial charge is 0.342 e. The molecule has 2 fully saturated rings. The van der Waals surface area contributed by atoms with Crippen molar-refractivity contribution in [3.8, 4) is 0 Å². The second kappa shape index (κ2) is 19.3. The van der Waals surface area contributed by atoms with E-state index in [0.717, 1.165) is 65.7 Å². The first-order valence-corrected chi connectivity index (χ1v) is 18.3. The molecule has 0 N–H and O–H groups in total. The minimum absolute atomic E-state index is 0.112. The highest BCUT2D eigenvalue weighted by atomic mass is 19.3. The van der Waals surface area contributed by atoms with Crippen LogP contribution < -0.4 is 0 Å². The average molecular weight is 743 g/mol. The molecule has 53 heavy (non-hydrogen) atoms. The fourth-order valence-corrected chi connectivity index (χ4v) is 8.33. The van der Waals surface area contributed by atoms with Gasteiger partial charge in [0.2, 0.25) is 0 Å². The third-order valence-corrected chi connectivity index (χ3v) is 10.9. The van der Waals surface area contributed by atoms with E-state index in [1.807, 2.05) is 9.80 Å². The summed E-state index contributed by atoms with van der Waals surface area (Å²) in [4.78, 5) is 36.3. The van der Waals surface area contributed by atoms with Crippen LogP contribution in [0.15, 0.2) is 54.6 Å². The molecule has 6 rings (SSSR count). The fraction of sp³-hybridized carbons (Fsp3) is 0.561. The molecule has 2 aromatic carbocycles. The molecule has 2 aliphatic rings. The van der Waals surface area contributed by atoms with Gasteiger partial charge in [-0.05, 0) is 127 Å². The van der Waals surface area contributed by atoms with Gasteiger partial charge in [0, 0.05) is 53.7 Å². The first kappa shape index (κ1) is 43.3. The number of likely N-dealkylation sites (tertiary alicyclic amines) is 2. The molecule has 0 saturated carbocycles. The number of hydrogen-bond donors (Lipinski definition) is 0. The number of hydrogen-bond acceptors (Lipinski definition) is 6. The van der Waals surface area contributed by atoms with Crippen LogP contribution >= 0.6 is 0 Å². The highest BCUT2D eigenvalue weighted by Crippen LogP contribution is 2.36. The number of aromatic nitrogens is 2. The topological polar surface area (TPSA) is 84.6 Å². The fourth-order valence-electron chi connectivity index (χ4n) is 8.33. The zero-order valence-electron chi connectivity index (χ0n) is 32.0. The van der Waals surface area contributed by atoms with Gasteiger partial charge in [-0.1, -0.05) is 36.4 Å². The van der Waals surface area contributed by atoms with Crippen molar-refractivity contribution in [2.45, 2.75) is 98.1 Å². The quantitative estimate of drug-likeness (QED) is 0.168. The molecule has 0 bridgehead atoms. The predicted molar refractivity (Wildman–Crippen MR) is 197 cm³/mol. The van der Waals surface area contributed by atoms with Crippen LogP contribution in [0.25, 0.3) is 21.8 Å². The zero-order chi connectivity index (χ0) is 39.5. The van der Waals surface area contributed by atoms with E-state index < -0.39 is 11.8 Å². The monoisotopic (exact) mass is 742 g/mol. The van der Waals surface area contributed by atoms with E-state index in [9.17, 15) is 17.6 Å². The number of alkyl halides is 4. The first-order chi connectivity index (χ1) is 25.0. The summed E-state index contributed by atoms with van der Waals surface area (Å²) in [5, 5.41) is 2.60. The molecule has 8 nitrogen and oxygen atoms in total. The summed E-state index contributed by atoms with van der Waals surface area (Å²) in [6, 6.07) is 20.1. The predicted octanol–water partition coefficient (Wildman–Crippen LogP) is 8.90. The van der Waals surface area contributed by atoms with Crippen molar-refractivity contribution in [1.82, 2.24) is 18.9 Å². The molecule has 2 aliphatic heterocycles. The zero-order valence-corrected chi connectivity index (χ0v) is 32.0. The summed E-state index contributed by atoms with van der Waals surface area (Å²) in [6.07, 6.45) is 4.46. The third-order valence-electron chi connectivity index (χ3n) is 10.9. The molecule has 0 amide bonds. The van der Waals surface area contributed by atoms with Gasteiger partial charge in [0.1, 0.15) is 0 Å². The molecule has 2 atom stereocenters. The van der Waals surface area contributed by atoms with Gasteiger partial charge in [0.05, 0.1) is 13.1 Å². The van der Waals surface area contributed by atoms with Crippen LogP contribution in [-0.2, 0) is 19.2 Å². The van der Waals surface area contributed by atoms with Crippen LogP contribution in [0.4, 0.5) is 17.6 Å². The number of halogens is 4. The maximum Gasteiger partial charge on any atom is 0.373 e. The number of rotatable bonds is 8. The standard InChI is InChI=1S/C20H28F2N2.C19H26F2N2.2CO2/c1-14-15(2)24(19-8-6-5-7-18(14)19)16(3)17-9-11-23(12-10-17)13-20(4,21)22;1-14-12-17-6-4-5-7-18(17)23(14)15(2)16-8-10-22(11-9-16)13-19(3,20)21;2*2-1-3/h5-8,16-17H,9-13H2,1-4H3;4-7,12,15-16H,8-11,13H2,1-3H3;;/t16-;15-;;/m11../s1. The van der Waals surface area contributed by atoms with Crippen LogP contribution in [-0.4, -0.2) is 82.4 Å². The number of benzene rings is 2. The SMILES string of the molecule is Cc1c(C)n([C@H](C)C2CCN(CC(C)(F)F)CC2)c2ccccc12.Cc1cc2ccccc2n1[C@H](C)C1CCN(CC(C)(F)F)CC1.O=C=O.O=C=O. The lowest BCUT2D eigenvalue weighted by atomic mass is 9.89. The number of piperidine rings is 2. The Kier molecular flexibility index (Phi) is 15.8. The Morgan fingerprint density at radius 2 is 1.06 bits per heavy atom. The largest absolute Gasteiger partial charge is 0.373 e. The van der Waals surface area contributed by atoms with Gasteiger partial charge in [-0.25, -0.2) is 17.6 Å². The van der Waals surface area contributed by atoms with E-state index in [-0.39, 0.29) is 25.4 Å². The Labute approximate surface area is 310 Å². The Bertz CT molecular complexity index is 1800. The van der Waals surface area contributed by atoms with Crippen molar-refractivity contribution in [2.75, 3.05) is 39.3 Å². The lowest BCUT2D eigenvalue weighted by Gasteiger charge is -2.37. The summed E-state index contributed by atoms with van der Waals surface area (Å²) in [7, 11) is 0. The molecular formula is C41H54F4N4O4. The Balaban J connectivity index is 0.000000249. The van der Waals surface area contributed by atoms with Crippen molar-refractivity contribution in [1.29, 1.82) is 0 Å². The number of nitrogens with zero attached hydrogens (tertiary/aromatic N) is 4. The maximum absolute atomic E-state index is 13.2. The van der Waals surface area contributed by atoms with Crippen molar-refractivity contribution in [2.24, 2.45) is 11.8 Å². The summed E-state index contributed by atoms with van der Waals surface area (Å²) in [6.45, 7) is 16.0. The van der Waals surface area contributed by atoms with Gasteiger partial charge >= 0.3 is 12.3 Å².